The summed E-state index contributed by atoms with van der Waals surface area (Å²) in [6.45, 7) is 4.17. The number of para-hydroxylation sites is 1. The first-order valence-electron chi connectivity index (χ1n) is 10.1. The zero-order valence-corrected chi connectivity index (χ0v) is 17.9. The zero-order valence-electron chi connectivity index (χ0n) is 17.9. The Morgan fingerprint density at radius 3 is 2.70 bits per heavy atom. The third-order valence-electron chi connectivity index (χ3n) is 5.26. The molecule has 0 aromatic heterocycles. The van der Waals surface area contributed by atoms with E-state index in [2.05, 4.69) is 16.8 Å². The smallest absolute Gasteiger partial charge is 0.258 e. The van der Waals surface area contributed by atoms with Crippen molar-refractivity contribution in [1.29, 1.82) is 5.26 Å². The minimum absolute atomic E-state index is 0.0631. The maximum atomic E-state index is 14.3. The molecule has 0 radical (unpaired) electrons. The molecule has 1 amide bonds. The molecule has 0 N–H and O–H groups in total. The highest BCUT2D eigenvalue weighted by Gasteiger charge is 2.31. The van der Waals surface area contributed by atoms with Gasteiger partial charge in [-0.15, -0.1) is 0 Å². The van der Waals surface area contributed by atoms with Crippen LogP contribution in [0.4, 0.5) is 10.1 Å². The second-order valence-corrected chi connectivity index (χ2v) is 7.39. The van der Waals surface area contributed by atoms with Gasteiger partial charge < -0.3 is 9.64 Å². The van der Waals surface area contributed by atoms with E-state index in [9.17, 15) is 14.4 Å². The summed E-state index contributed by atoms with van der Waals surface area (Å²) in [4.78, 5) is 18.5. The average molecular weight is 441 g/mol. The van der Waals surface area contributed by atoms with Crippen LogP contribution in [-0.4, -0.2) is 30.9 Å². The molecule has 33 heavy (non-hydrogen) atoms. The molecule has 0 unspecified atom stereocenters. The second kappa shape index (κ2) is 9.32. The van der Waals surface area contributed by atoms with E-state index in [-0.39, 0.29) is 23.0 Å². The van der Waals surface area contributed by atoms with Crippen LogP contribution in [0, 0.1) is 17.1 Å². The summed E-state index contributed by atoms with van der Waals surface area (Å²) >= 11 is 0. The van der Waals surface area contributed by atoms with Crippen LogP contribution in [0.25, 0.3) is 0 Å². The van der Waals surface area contributed by atoms with Crippen molar-refractivity contribution in [1.82, 2.24) is 4.90 Å². The molecule has 0 saturated carbocycles. The van der Waals surface area contributed by atoms with Crippen LogP contribution >= 0.6 is 0 Å². The summed E-state index contributed by atoms with van der Waals surface area (Å²) in [6, 6.07) is 18.9. The Hall–Kier alpha value is -4.51. The van der Waals surface area contributed by atoms with E-state index in [1.807, 2.05) is 36.4 Å². The maximum Gasteiger partial charge on any atom is 0.258 e. The van der Waals surface area contributed by atoms with Crippen LogP contribution < -0.4 is 9.75 Å². The van der Waals surface area contributed by atoms with Crippen LogP contribution in [0.1, 0.15) is 27.0 Å². The Balaban J connectivity index is 1.54. The zero-order chi connectivity index (χ0) is 23.4. The van der Waals surface area contributed by atoms with Gasteiger partial charge in [0.2, 0.25) is 0 Å². The lowest BCUT2D eigenvalue weighted by Crippen LogP contribution is -2.23. The van der Waals surface area contributed by atoms with Crippen molar-refractivity contribution in [2.75, 3.05) is 12.1 Å². The van der Waals surface area contributed by atoms with Gasteiger partial charge >= 0.3 is 0 Å². The number of halogens is 1. The quantitative estimate of drug-likeness (QED) is 0.302. The minimum atomic E-state index is -0.660. The minimum Gasteiger partial charge on any atom is -0.452 e. The number of carbonyl (C=O) groups excluding carboxylic acids is 1. The molecule has 164 valence electrons. The van der Waals surface area contributed by atoms with E-state index in [1.165, 1.54) is 24.5 Å². The Kier molecular flexibility index (Phi) is 6.13. The lowest BCUT2D eigenvalue weighted by Gasteiger charge is -2.17. The van der Waals surface area contributed by atoms with Gasteiger partial charge in [0.15, 0.2) is 11.6 Å². The molecule has 4 rings (SSSR count). The summed E-state index contributed by atoms with van der Waals surface area (Å²) in [7, 11) is 1.80. The van der Waals surface area contributed by atoms with E-state index in [4.69, 9.17) is 4.74 Å². The van der Waals surface area contributed by atoms with E-state index >= 15 is 0 Å². The Morgan fingerprint density at radius 2 is 1.97 bits per heavy atom. The number of amides is 1. The fourth-order valence-electron chi connectivity index (χ4n) is 3.63. The van der Waals surface area contributed by atoms with Gasteiger partial charge in [0.25, 0.3) is 5.91 Å². The summed E-state index contributed by atoms with van der Waals surface area (Å²) < 4.78 is 20.0. The lowest BCUT2D eigenvalue weighted by molar-refractivity contribution is 0.0764. The molecule has 3 aromatic carbocycles. The monoisotopic (exact) mass is 441 g/mol. The van der Waals surface area contributed by atoms with Crippen molar-refractivity contribution in [2.24, 2.45) is 10.1 Å². The average Bonchev–Trinajstić information content (AvgIpc) is 3.15. The van der Waals surface area contributed by atoms with Crippen molar-refractivity contribution in [3.63, 3.8) is 0 Å². The number of hydrazone groups is 1. The summed E-state index contributed by atoms with van der Waals surface area (Å²) in [5.41, 5.74) is 3.04. The van der Waals surface area contributed by atoms with E-state index in [1.54, 1.807) is 29.1 Å². The number of nitrogens with zero attached hydrogens (tertiary/aromatic N) is 5. The third kappa shape index (κ3) is 4.43. The molecule has 0 bridgehead atoms. The van der Waals surface area contributed by atoms with Gasteiger partial charge in [-0.1, -0.05) is 30.3 Å². The van der Waals surface area contributed by atoms with Crippen molar-refractivity contribution in [3.8, 4) is 17.6 Å². The molecular formula is C25H20FN5O2. The number of aliphatic imine (C=N–C) groups is 1. The molecule has 0 aliphatic carbocycles. The van der Waals surface area contributed by atoms with Crippen molar-refractivity contribution in [3.05, 3.63) is 88.7 Å². The van der Waals surface area contributed by atoms with Crippen molar-refractivity contribution >= 4 is 24.7 Å². The first kappa shape index (κ1) is 21.7. The number of benzene rings is 3. The highest BCUT2D eigenvalue weighted by atomic mass is 19.1. The van der Waals surface area contributed by atoms with Gasteiger partial charge in [0, 0.05) is 20.1 Å². The molecule has 0 fully saturated rings. The topological polar surface area (TPSA) is 81.3 Å². The van der Waals surface area contributed by atoms with Crippen LogP contribution in [0.5, 0.6) is 11.5 Å². The summed E-state index contributed by atoms with van der Waals surface area (Å²) in [6.07, 6.45) is 1.36. The molecule has 7 nitrogen and oxygen atoms in total. The van der Waals surface area contributed by atoms with Crippen molar-refractivity contribution in [2.45, 2.75) is 13.1 Å². The van der Waals surface area contributed by atoms with Gasteiger partial charge in [0.05, 0.1) is 16.8 Å². The molecule has 3 aromatic rings. The van der Waals surface area contributed by atoms with Gasteiger partial charge in [-0.3, -0.25) is 14.8 Å². The van der Waals surface area contributed by atoms with E-state index < -0.39 is 5.82 Å². The normalized spacial score (nSPS) is 12.5. The number of nitriles is 1. The highest BCUT2D eigenvalue weighted by molar-refractivity contribution is 6.01. The molecule has 0 spiro atoms. The Morgan fingerprint density at radius 1 is 1.21 bits per heavy atom. The molecular weight excluding hydrogens is 421 g/mol. The molecule has 1 aliphatic heterocycles. The number of ether oxygens (including phenoxy) is 1. The number of anilines is 1. The standard InChI is InChI=1S/C25H20FN5O2/c1-28-16-29-30(2)20-11-9-17(10-12-20)14-31-15-19-6-4-8-22(23(19)25(31)32)33-24-18(13-27)5-3-7-21(24)26/h3-12,16H,1,14-15H2,2H3/b29-16-. The van der Waals surface area contributed by atoms with Crippen LogP contribution in [-0.2, 0) is 13.1 Å². The SMILES string of the molecule is C=N/C=N\N(C)c1ccc(CN2Cc3cccc(Oc4c(F)cccc4C#N)c3C2=O)cc1. The van der Waals surface area contributed by atoms with Gasteiger partial charge in [-0.2, -0.15) is 10.4 Å². The van der Waals surface area contributed by atoms with Gasteiger partial charge in [0.1, 0.15) is 18.2 Å². The van der Waals surface area contributed by atoms with Gasteiger partial charge in [-0.25, -0.2) is 4.39 Å². The predicted octanol–water partition coefficient (Wildman–Crippen LogP) is 4.73. The highest BCUT2D eigenvalue weighted by Crippen LogP contribution is 2.36. The summed E-state index contributed by atoms with van der Waals surface area (Å²) in [5.74, 6) is -0.827. The number of hydrogen-bond donors (Lipinski definition) is 0. The third-order valence-corrected chi connectivity index (χ3v) is 5.26. The lowest BCUT2D eigenvalue weighted by atomic mass is 10.1. The Bertz CT molecular complexity index is 1280. The number of carbonyl (C=O) groups is 1. The first-order valence-corrected chi connectivity index (χ1v) is 10.1. The number of rotatable bonds is 7. The first-order chi connectivity index (χ1) is 16.0. The predicted molar refractivity (Wildman–Crippen MR) is 124 cm³/mol. The number of fused-ring (bicyclic) bond motifs is 1. The Labute approximate surface area is 190 Å². The molecule has 1 heterocycles. The van der Waals surface area contributed by atoms with Crippen LogP contribution in [0.3, 0.4) is 0 Å². The van der Waals surface area contributed by atoms with E-state index in [0.717, 1.165) is 16.8 Å². The second-order valence-electron chi connectivity index (χ2n) is 7.39. The maximum absolute atomic E-state index is 14.3. The van der Waals surface area contributed by atoms with Crippen molar-refractivity contribution < 1.29 is 13.9 Å². The molecule has 0 saturated heterocycles. The molecule has 8 heteroatoms. The van der Waals surface area contributed by atoms with Crippen LogP contribution in [0.15, 0.2) is 70.8 Å². The fourth-order valence-corrected chi connectivity index (χ4v) is 3.63. The van der Waals surface area contributed by atoms with Crippen LogP contribution in [0.2, 0.25) is 0 Å². The van der Waals surface area contributed by atoms with E-state index in [0.29, 0.717) is 18.7 Å². The number of hydrogen-bond acceptors (Lipinski definition) is 5. The van der Waals surface area contributed by atoms with Gasteiger partial charge in [-0.05, 0) is 48.2 Å². The molecule has 1 aliphatic rings. The fraction of sp³-hybridized carbons (Fsp3) is 0.120. The largest absolute Gasteiger partial charge is 0.452 e. The summed E-state index contributed by atoms with van der Waals surface area (Å²) in [5, 5.41) is 15.0. The molecule has 0 atom stereocenters.